The molecule has 3 fully saturated rings. The maximum Gasteiger partial charge on any atom is 0.165 e. The summed E-state index contributed by atoms with van der Waals surface area (Å²) < 4.78 is 8.30. The lowest BCUT2D eigenvalue weighted by Crippen LogP contribution is -2.46. The molecule has 0 amide bonds. The van der Waals surface area contributed by atoms with Gasteiger partial charge in [-0.15, -0.1) is 0 Å². The fourth-order valence-electron chi connectivity index (χ4n) is 4.35. The van der Waals surface area contributed by atoms with Gasteiger partial charge < -0.3 is 19.5 Å². The van der Waals surface area contributed by atoms with E-state index in [1.807, 2.05) is 0 Å². The molecule has 1 unspecified atom stereocenters. The zero-order valence-corrected chi connectivity index (χ0v) is 15.0. The molecular formula is C18H26N6O. The van der Waals surface area contributed by atoms with Crippen LogP contribution in [0, 0.1) is 0 Å². The van der Waals surface area contributed by atoms with E-state index in [1.165, 1.54) is 18.7 Å². The fraction of sp³-hybridized carbons (Fsp3) is 0.722. The first-order valence-electron chi connectivity index (χ1n) is 9.54. The van der Waals surface area contributed by atoms with Gasteiger partial charge in [-0.2, -0.15) is 0 Å². The highest BCUT2D eigenvalue weighted by Crippen LogP contribution is 2.43. The Morgan fingerprint density at radius 2 is 1.92 bits per heavy atom. The van der Waals surface area contributed by atoms with Gasteiger partial charge in [-0.25, -0.2) is 15.0 Å². The molecule has 2 aromatic heterocycles. The van der Waals surface area contributed by atoms with Gasteiger partial charge in [0.25, 0.3) is 0 Å². The predicted octanol–water partition coefficient (Wildman–Crippen LogP) is 1.85. The van der Waals surface area contributed by atoms with Crippen LogP contribution in [0.2, 0.25) is 0 Å². The van der Waals surface area contributed by atoms with Crippen molar-refractivity contribution in [3.63, 3.8) is 0 Å². The molecule has 2 saturated heterocycles. The highest BCUT2D eigenvalue weighted by atomic mass is 16.5. The van der Waals surface area contributed by atoms with Crippen LogP contribution in [0.4, 0.5) is 5.82 Å². The molecule has 0 radical (unpaired) electrons. The Hall–Kier alpha value is -1.73. The molecule has 4 heterocycles. The van der Waals surface area contributed by atoms with Crippen LogP contribution in [0.1, 0.15) is 50.9 Å². The summed E-state index contributed by atoms with van der Waals surface area (Å²) in [7, 11) is 0. The molecule has 1 saturated carbocycles. The minimum Gasteiger partial charge on any atom is -0.372 e. The summed E-state index contributed by atoms with van der Waals surface area (Å²) in [6.07, 6.45) is 5.77. The molecule has 2 aromatic rings. The Labute approximate surface area is 147 Å². The lowest BCUT2D eigenvalue weighted by molar-refractivity contribution is -0.00538. The first-order valence-corrected chi connectivity index (χ1v) is 9.54. The number of imidazole rings is 1. The molecule has 7 nitrogen and oxygen atoms in total. The highest BCUT2D eigenvalue weighted by molar-refractivity contribution is 5.84. The van der Waals surface area contributed by atoms with Crippen LogP contribution in [0.15, 0.2) is 6.33 Å². The van der Waals surface area contributed by atoms with Crippen molar-refractivity contribution >= 4 is 17.0 Å². The van der Waals surface area contributed by atoms with Gasteiger partial charge in [-0.3, -0.25) is 0 Å². The van der Waals surface area contributed by atoms with Crippen LogP contribution in [0.3, 0.4) is 0 Å². The van der Waals surface area contributed by atoms with Crippen LogP contribution >= 0.6 is 0 Å². The molecule has 0 bridgehead atoms. The lowest BCUT2D eigenvalue weighted by Gasteiger charge is -2.35. The van der Waals surface area contributed by atoms with Gasteiger partial charge in [0.05, 0.1) is 18.2 Å². The summed E-state index contributed by atoms with van der Waals surface area (Å²) in [6.45, 7) is 8.04. The zero-order chi connectivity index (χ0) is 17.0. The van der Waals surface area contributed by atoms with Gasteiger partial charge in [0, 0.05) is 25.6 Å². The largest absolute Gasteiger partial charge is 0.372 e. The normalized spacial score (nSPS) is 30.3. The first-order chi connectivity index (χ1) is 12.2. The second-order valence-electron chi connectivity index (χ2n) is 7.79. The van der Waals surface area contributed by atoms with Crippen molar-refractivity contribution in [2.45, 2.75) is 57.3 Å². The van der Waals surface area contributed by atoms with Gasteiger partial charge >= 0.3 is 0 Å². The predicted molar refractivity (Wildman–Crippen MR) is 96.0 cm³/mol. The molecule has 7 heteroatoms. The molecule has 0 spiro atoms. The van der Waals surface area contributed by atoms with Gasteiger partial charge in [0.15, 0.2) is 17.0 Å². The minimum atomic E-state index is 0.206. The summed E-state index contributed by atoms with van der Waals surface area (Å²) in [4.78, 5) is 16.7. The standard InChI is InChI=1S/C18H26N6O/c1-11-8-23(9-12(2)25-11)17-15-18(21-10-20-17)24(14-5-6-19-7-14)16(22-15)13-3-4-13/h10-14,19H,3-9H2,1-2H3/t11-,12+,14?. The number of fused-ring (bicyclic) bond motifs is 1. The van der Waals surface area contributed by atoms with E-state index in [-0.39, 0.29) is 12.2 Å². The van der Waals surface area contributed by atoms with Gasteiger partial charge in [-0.1, -0.05) is 0 Å². The lowest BCUT2D eigenvalue weighted by atomic mass is 10.2. The van der Waals surface area contributed by atoms with Crippen LogP contribution in [0.5, 0.6) is 0 Å². The topological polar surface area (TPSA) is 68.1 Å². The smallest absolute Gasteiger partial charge is 0.165 e. The maximum atomic E-state index is 5.89. The average molecular weight is 342 g/mol. The third-order valence-corrected chi connectivity index (χ3v) is 5.55. The van der Waals surface area contributed by atoms with Crippen molar-refractivity contribution < 1.29 is 4.74 Å². The monoisotopic (exact) mass is 342 g/mol. The quantitative estimate of drug-likeness (QED) is 0.918. The number of ether oxygens (including phenoxy) is 1. The van der Waals surface area contributed by atoms with Crippen LogP contribution < -0.4 is 10.2 Å². The van der Waals surface area contributed by atoms with E-state index in [2.05, 4.69) is 38.6 Å². The molecule has 3 atom stereocenters. The number of rotatable bonds is 3. The molecule has 3 aliphatic rings. The van der Waals surface area contributed by atoms with Gasteiger partial charge in [-0.05, 0) is 39.7 Å². The van der Waals surface area contributed by atoms with E-state index in [4.69, 9.17) is 9.72 Å². The summed E-state index contributed by atoms with van der Waals surface area (Å²) in [5.74, 6) is 2.79. The first kappa shape index (κ1) is 15.5. The Bertz CT molecular complexity index is 769. The molecule has 1 N–H and O–H groups in total. The molecule has 5 rings (SSSR count). The van der Waals surface area contributed by atoms with Gasteiger partial charge in [0.2, 0.25) is 0 Å². The summed E-state index contributed by atoms with van der Waals surface area (Å²) >= 11 is 0. The SMILES string of the molecule is C[C@@H]1CN(c2ncnc3c2nc(C2CC2)n3C2CCNC2)C[C@H](C)O1. The number of aromatic nitrogens is 4. The zero-order valence-electron chi connectivity index (χ0n) is 15.0. The average Bonchev–Trinajstić information content (AvgIpc) is 3.15. The van der Waals surface area contributed by atoms with E-state index < -0.39 is 0 Å². The Morgan fingerprint density at radius 3 is 2.60 bits per heavy atom. The second kappa shape index (κ2) is 5.92. The van der Waals surface area contributed by atoms with Crippen molar-refractivity contribution in [2.24, 2.45) is 0 Å². The summed E-state index contributed by atoms with van der Waals surface area (Å²) in [6, 6.07) is 0.464. The Kier molecular flexibility index (Phi) is 3.67. The van der Waals surface area contributed by atoms with Crippen molar-refractivity contribution in [1.82, 2.24) is 24.8 Å². The Balaban J connectivity index is 1.62. The van der Waals surface area contributed by atoms with Crippen molar-refractivity contribution in [2.75, 3.05) is 31.1 Å². The van der Waals surface area contributed by atoms with Crippen LogP contribution in [0.25, 0.3) is 11.2 Å². The van der Waals surface area contributed by atoms with E-state index in [1.54, 1.807) is 6.33 Å². The number of hydrogen-bond acceptors (Lipinski definition) is 6. The van der Waals surface area contributed by atoms with E-state index >= 15 is 0 Å². The fourth-order valence-corrected chi connectivity index (χ4v) is 4.35. The molecule has 0 aromatic carbocycles. The van der Waals surface area contributed by atoms with Crippen LogP contribution in [-0.4, -0.2) is 57.9 Å². The summed E-state index contributed by atoms with van der Waals surface area (Å²) in [5.41, 5.74) is 1.98. The molecule has 1 aliphatic carbocycles. The summed E-state index contributed by atoms with van der Waals surface area (Å²) in [5, 5.41) is 3.48. The molecular weight excluding hydrogens is 316 g/mol. The molecule has 2 aliphatic heterocycles. The van der Waals surface area contributed by atoms with Crippen molar-refractivity contribution in [3.05, 3.63) is 12.2 Å². The minimum absolute atomic E-state index is 0.206. The van der Waals surface area contributed by atoms with E-state index in [0.717, 1.165) is 49.6 Å². The van der Waals surface area contributed by atoms with Crippen LogP contribution in [-0.2, 0) is 4.74 Å². The molecule has 25 heavy (non-hydrogen) atoms. The van der Waals surface area contributed by atoms with Crippen molar-refractivity contribution in [3.8, 4) is 0 Å². The number of morpholine rings is 1. The van der Waals surface area contributed by atoms with E-state index in [0.29, 0.717) is 12.0 Å². The molecule has 134 valence electrons. The number of hydrogen-bond donors (Lipinski definition) is 1. The maximum absolute atomic E-state index is 5.89. The van der Waals surface area contributed by atoms with Gasteiger partial charge in [0.1, 0.15) is 12.2 Å². The third kappa shape index (κ3) is 2.69. The highest BCUT2D eigenvalue weighted by Gasteiger charge is 2.35. The number of anilines is 1. The Morgan fingerprint density at radius 1 is 1.12 bits per heavy atom. The third-order valence-electron chi connectivity index (χ3n) is 5.55. The van der Waals surface area contributed by atoms with Crippen molar-refractivity contribution in [1.29, 1.82) is 0 Å². The van der Waals surface area contributed by atoms with E-state index in [9.17, 15) is 0 Å². The number of nitrogens with one attached hydrogen (secondary N) is 1. The number of nitrogens with zero attached hydrogens (tertiary/aromatic N) is 5. The second-order valence-corrected chi connectivity index (χ2v) is 7.79.